The van der Waals surface area contributed by atoms with E-state index in [1.165, 1.54) is 0 Å². The largest absolute Gasteiger partial charge is 0.493 e. The van der Waals surface area contributed by atoms with E-state index in [1.54, 1.807) is 40.9 Å². The van der Waals surface area contributed by atoms with E-state index in [0.29, 0.717) is 6.61 Å². The van der Waals surface area contributed by atoms with Gasteiger partial charge in [-0.2, -0.15) is 16.1 Å². The molecular weight excluding hydrogens is 362 g/mol. The maximum atomic E-state index is 12.9. The van der Waals surface area contributed by atoms with E-state index >= 15 is 0 Å². The monoisotopic (exact) mass is 377 g/mol. The van der Waals surface area contributed by atoms with Crippen LogP contribution in [0.5, 0.6) is 5.75 Å². The van der Waals surface area contributed by atoms with Crippen molar-refractivity contribution in [2.75, 3.05) is 6.61 Å². The molecule has 0 saturated carbocycles. The first-order valence-corrected chi connectivity index (χ1v) is 10.8. The quantitative estimate of drug-likeness (QED) is 0.736. The zero-order chi connectivity index (χ0) is 16.6. The van der Waals surface area contributed by atoms with Gasteiger partial charge >= 0.3 is 0 Å². The lowest BCUT2D eigenvalue weighted by Gasteiger charge is -2.17. The molecule has 1 aromatic carbocycles. The molecule has 0 aliphatic carbocycles. The van der Waals surface area contributed by atoms with Gasteiger partial charge in [-0.15, -0.1) is 11.3 Å². The maximum Gasteiger partial charge on any atom is 0.241 e. The Bertz CT molecular complexity index is 897. The lowest BCUT2D eigenvalue weighted by molar-refractivity contribution is 0.356. The Morgan fingerprint density at radius 3 is 2.83 bits per heavy atom. The first kappa shape index (κ1) is 15.8. The third-order valence-electron chi connectivity index (χ3n) is 3.95. The Hall–Kier alpha value is -1.67. The molecule has 24 heavy (non-hydrogen) atoms. The van der Waals surface area contributed by atoms with Crippen LogP contribution in [-0.4, -0.2) is 15.0 Å². The van der Waals surface area contributed by atoms with Crippen LogP contribution >= 0.6 is 22.7 Å². The highest BCUT2D eigenvalue weighted by atomic mass is 32.2. The highest BCUT2D eigenvalue weighted by Gasteiger charge is 2.25. The first-order chi connectivity index (χ1) is 11.6. The molecule has 0 unspecified atom stereocenters. The van der Waals surface area contributed by atoms with Crippen LogP contribution in [0.3, 0.4) is 0 Å². The minimum absolute atomic E-state index is 0.281. The van der Waals surface area contributed by atoms with Crippen molar-refractivity contribution in [3.8, 4) is 5.75 Å². The van der Waals surface area contributed by atoms with Crippen LogP contribution in [0.15, 0.2) is 57.4 Å². The summed E-state index contributed by atoms with van der Waals surface area (Å²) in [6.45, 7) is 0.610. The Labute approximate surface area is 148 Å². The van der Waals surface area contributed by atoms with Gasteiger partial charge in [-0.3, -0.25) is 0 Å². The van der Waals surface area contributed by atoms with Crippen LogP contribution in [0.4, 0.5) is 0 Å². The molecule has 1 aliphatic heterocycles. The maximum absolute atomic E-state index is 12.9. The van der Waals surface area contributed by atoms with Crippen LogP contribution < -0.4 is 9.46 Å². The van der Waals surface area contributed by atoms with E-state index < -0.39 is 10.0 Å². The van der Waals surface area contributed by atoms with E-state index in [1.807, 2.05) is 34.3 Å². The van der Waals surface area contributed by atoms with Gasteiger partial charge in [0.2, 0.25) is 10.0 Å². The fourth-order valence-electron chi connectivity index (χ4n) is 2.74. The van der Waals surface area contributed by atoms with Gasteiger partial charge in [0.05, 0.1) is 17.5 Å². The van der Waals surface area contributed by atoms with E-state index in [4.69, 9.17) is 4.74 Å². The van der Waals surface area contributed by atoms with Crippen LogP contribution in [0.2, 0.25) is 0 Å². The third kappa shape index (κ3) is 3.00. The first-order valence-electron chi connectivity index (χ1n) is 7.47. The highest BCUT2D eigenvalue weighted by Crippen LogP contribution is 2.31. The predicted molar refractivity (Wildman–Crippen MR) is 96.4 cm³/mol. The number of rotatable bonds is 5. The molecule has 3 aromatic rings. The summed E-state index contributed by atoms with van der Waals surface area (Å²) in [7, 11) is -3.63. The second kappa shape index (κ2) is 6.33. The number of hydrogen-bond donors (Lipinski definition) is 1. The summed E-state index contributed by atoms with van der Waals surface area (Å²) in [5.74, 6) is 0.779. The second-order valence-corrected chi connectivity index (χ2v) is 8.97. The number of nitrogens with one attached hydrogen (secondary N) is 1. The lowest BCUT2D eigenvalue weighted by Crippen LogP contribution is -2.28. The van der Waals surface area contributed by atoms with E-state index in [2.05, 4.69) is 4.72 Å². The number of sulfonamides is 1. The molecule has 2 aromatic heterocycles. The normalized spacial score (nSPS) is 15.0. The number of hydrogen-bond acceptors (Lipinski definition) is 5. The van der Waals surface area contributed by atoms with E-state index in [-0.39, 0.29) is 10.9 Å². The van der Waals surface area contributed by atoms with Gasteiger partial charge in [0, 0.05) is 11.3 Å². The number of ether oxygens (including phenoxy) is 1. The van der Waals surface area contributed by atoms with Crippen molar-refractivity contribution in [2.45, 2.75) is 17.4 Å². The van der Waals surface area contributed by atoms with Crippen LogP contribution in [0.1, 0.15) is 22.0 Å². The van der Waals surface area contributed by atoms with Gasteiger partial charge in [-0.05, 0) is 57.6 Å². The topological polar surface area (TPSA) is 55.4 Å². The molecular formula is C17H15NO3S3. The average Bonchev–Trinajstić information content (AvgIpc) is 3.34. The summed E-state index contributed by atoms with van der Waals surface area (Å²) in [5.41, 5.74) is 1.90. The van der Waals surface area contributed by atoms with Gasteiger partial charge in [-0.1, -0.05) is 6.07 Å². The lowest BCUT2D eigenvalue weighted by atomic mass is 10.1. The molecule has 1 N–H and O–H groups in total. The molecule has 0 amide bonds. The Balaban J connectivity index is 1.68. The molecule has 0 radical (unpaired) electrons. The Kier molecular flexibility index (Phi) is 4.17. The highest BCUT2D eigenvalue weighted by molar-refractivity contribution is 7.89. The van der Waals surface area contributed by atoms with Crippen LogP contribution in [0.25, 0.3) is 0 Å². The van der Waals surface area contributed by atoms with Crippen molar-refractivity contribution >= 4 is 32.7 Å². The smallest absolute Gasteiger partial charge is 0.241 e. The van der Waals surface area contributed by atoms with Crippen molar-refractivity contribution in [1.29, 1.82) is 0 Å². The fourth-order valence-corrected chi connectivity index (χ4v) is 5.56. The summed E-state index contributed by atoms with van der Waals surface area (Å²) < 4.78 is 34.1. The van der Waals surface area contributed by atoms with Crippen molar-refractivity contribution in [1.82, 2.24) is 4.72 Å². The molecule has 3 heterocycles. The Morgan fingerprint density at radius 1 is 1.17 bits per heavy atom. The van der Waals surface area contributed by atoms with Crippen molar-refractivity contribution in [3.05, 3.63) is 68.5 Å². The molecule has 0 spiro atoms. The van der Waals surface area contributed by atoms with Crippen LogP contribution in [-0.2, 0) is 16.4 Å². The standard InChI is InChI=1S/C17H15NO3S3/c19-24(20,14-3-4-15-12(10-14)5-7-21-15)18-17(13-6-9-22-11-13)16-2-1-8-23-16/h1-4,6,8-11,17-18H,5,7H2/t17-/m1/s1. The van der Waals surface area contributed by atoms with Gasteiger partial charge in [0.25, 0.3) is 0 Å². The number of benzene rings is 1. The third-order valence-corrected chi connectivity index (χ3v) is 7.01. The summed E-state index contributed by atoms with van der Waals surface area (Å²) in [6.07, 6.45) is 0.748. The SMILES string of the molecule is O=S(=O)(N[C@H](c1ccsc1)c1cccs1)c1ccc2c(c1)CCO2. The van der Waals surface area contributed by atoms with E-state index in [0.717, 1.165) is 28.2 Å². The zero-order valence-corrected chi connectivity index (χ0v) is 15.1. The van der Waals surface area contributed by atoms with Gasteiger partial charge in [0.15, 0.2) is 0 Å². The molecule has 0 saturated heterocycles. The summed E-state index contributed by atoms with van der Waals surface area (Å²) in [4.78, 5) is 1.25. The molecule has 7 heteroatoms. The fraction of sp³-hybridized carbons (Fsp3) is 0.176. The number of thiophene rings is 2. The summed E-state index contributed by atoms with van der Waals surface area (Å²) in [6, 6.07) is 10.5. The molecule has 1 aliphatic rings. The van der Waals surface area contributed by atoms with Crippen LogP contribution in [0, 0.1) is 0 Å². The molecule has 124 valence electrons. The zero-order valence-electron chi connectivity index (χ0n) is 12.6. The molecule has 4 rings (SSSR count). The predicted octanol–water partition coefficient (Wildman–Crippen LogP) is 3.81. The van der Waals surface area contributed by atoms with Crippen molar-refractivity contribution < 1.29 is 13.2 Å². The van der Waals surface area contributed by atoms with E-state index in [9.17, 15) is 8.42 Å². The minimum atomic E-state index is -3.63. The molecule has 0 fully saturated rings. The molecule has 0 bridgehead atoms. The molecule has 4 nitrogen and oxygen atoms in total. The van der Waals surface area contributed by atoms with Gasteiger partial charge < -0.3 is 4.74 Å². The van der Waals surface area contributed by atoms with Gasteiger partial charge in [0.1, 0.15) is 5.75 Å². The van der Waals surface area contributed by atoms with Gasteiger partial charge in [-0.25, -0.2) is 8.42 Å². The van der Waals surface area contributed by atoms with Crippen molar-refractivity contribution in [2.24, 2.45) is 0 Å². The summed E-state index contributed by atoms with van der Waals surface area (Å²) in [5, 5.41) is 5.89. The summed E-state index contributed by atoms with van der Waals surface area (Å²) >= 11 is 3.10. The average molecular weight is 378 g/mol. The molecule has 1 atom stereocenters. The Morgan fingerprint density at radius 2 is 2.08 bits per heavy atom. The van der Waals surface area contributed by atoms with Crippen molar-refractivity contribution in [3.63, 3.8) is 0 Å². The number of fused-ring (bicyclic) bond motifs is 1. The minimum Gasteiger partial charge on any atom is -0.493 e. The second-order valence-electron chi connectivity index (χ2n) is 5.49.